The van der Waals surface area contributed by atoms with Gasteiger partial charge in [0.15, 0.2) is 0 Å². The summed E-state index contributed by atoms with van der Waals surface area (Å²) in [4.78, 5) is 34.3. The minimum Gasteiger partial charge on any atom is -0.478 e. The van der Waals surface area contributed by atoms with Gasteiger partial charge in [-0.2, -0.15) is 0 Å². The van der Waals surface area contributed by atoms with Crippen LogP contribution in [-0.4, -0.2) is 41.4 Å². The average Bonchev–Trinajstić information content (AvgIpc) is 2.37. The van der Waals surface area contributed by atoms with Crippen molar-refractivity contribution < 1.29 is 19.5 Å². The van der Waals surface area contributed by atoms with Crippen LogP contribution in [0.5, 0.6) is 0 Å². The van der Waals surface area contributed by atoms with E-state index >= 15 is 0 Å². The number of carbonyl (C=O) groups excluding carboxylic acids is 2. The lowest BCUT2D eigenvalue weighted by atomic mass is 10.2. The number of aliphatic carboxylic acids is 1. The fraction of sp³-hybridized carbons (Fsp3) is 0.214. The molecule has 2 amide bonds. The quantitative estimate of drug-likeness (QED) is 0.791. The van der Waals surface area contributed by atoms with E-state index in [1.165, 1.54) is 17.9 Å². The first-order chi connectivity index (χ1) is 9.38. The molecule has 1 aromatic rings. The van der Waals surface area contributed by atoms with Gasteiger partial charge in [-0.25, -0.2) is 4.79 Å². The van der Waals surface area contributed by atoms with E-state index in [-0.39, 0.29) is 18.4 Å². The molecule has 0 bridgehead atoms. The SMILES string of the molecule is CC(=O)N(C)CC(=O)Nc1ccc(/C=C/C(=O)O)cc1. The monoisotopic (exact) mass is 276 g/mol. The number of nitrogens with one attached hydrogen (secondary N) is 1. The van der Waals surface area contributed by atoms with Crippen molar-refractivity contribution in [2.45, 2.75) is 6.92 Å². The maximum Gasteiger partial charge on any atom is 0.328 e. The highest BCUT2D eigenvalue weighted by molar-refractivity contribution is 5.94. The Morgan fingerprint density at radius 1 is 1.25 bits per heavy atom. The molecule has 6 nitrogen and oxygen atoms in total. The van der Waals surface area contributed by atoms with Gasteiger partial charge in [0.05, 0.1) is 6.54 Å². The number of nitrogens with zero attached hydrogens (tertiary/aromatic N) is 1. The summed E-state index contributed by atoms with van der Waals surface area (Å²) in [6.45, 7) is 1.37. The molecule has 106 valence electrons. The Hall–Kier alpha value is -2.63. The van der Waals surface area contributed by atoms with E-state index in [1.807, 2.05) is 0 Å². The highest BCUT2D eigenvalue weighted by Gasteiger charge is 2.08. The van der Waals surface area contributed by atoms with E-state index in [0.717, 1.165) is 6.08 Å². The molecule has 1 aromatic carbocycles. The molecule has 1 rings (SSSR count). The van der Waals surface area contributed by atoms with Gasteiger partial charge in [-0.05, 0) is 23.8 Å². The molecule has 6 heteroatoms. The van der Waals surface area contributed by atoms with E-state index in [0.29, 0.717) is 11.3 Å². The maximum atomic E-state index is 11.6. The number of rotatable bonds is 5. The summed E-state index contributed by atoms with van der Waals surface area (Å²) in [5.74, 6) is -1.50. The van der Waals surface area contributed by atoms with Gasteiger partial charge in [0.2, 0.25) is 11.8 Å². The molecule has 0 aliphatic carbocycles. The number of carboxylic acid groups (broad SMARTS) is 1. The first-order valence-corrected chi connectivity index (χ1v) is 5.91. The Balaban J connectivity index is 2.59. The molecule has 0 aliphatic heterocycles. The number of carboxylic acids is 1. The Kier molecular flexibility index (Phi) is 5.46. The number of anilines is 1. The zero-order valence-electron chi connectivity index (χ0n) is 11.3. The lowest BCUT2D eigenvalue weighted by Gasteiger charge is -2.14. The summed E-state index contributed by atoms with van der Waals surface area (Å²) in [5.41, 5.74) is 1.30. The lowest BCUT2D eigenvalue weighted by molar-refractivity contribution is -0.131. The topological polar surface area (TPSA) is 86.7 Å². The summed E-state index contributed by atoms with van der Waals surface area (Å²) in [5, 5.41) is 11.1. The Morgan fingerprint density at radius 3 is 2.35 bits per heavy atom. The summed E-state index contributed by atoms with van der Waals surface area (Å²) in [7, 11) is 1.54. The molecule has 0 heterocycles. The van der Waals surface area contributed by atoms with Gasteiger partial charge in [0.25, 0.3) is 0 Å². The van der Waals surface area contributed by atoms with Gasteiger partial charge in [-0.15, -0.1) is 0 Å². The number of benzene rings is 1. The van der Waals surface area contributed by atoms with Crippen LogP contribution in [0.4, 0.5) is 5.69 Å². The second kappa shape index (κ2) is 7.08. The van der Waals surface area contributed by atoms with Gasteiger partial charge in [0.1, 0.15) is 0 Å². The standard InChI is InChI=1S/C14H16N2O4/c1-10(17)16(2)9-13(18)15-12-6-3-11(4-7-12)5-8-14(19)20/h3-8H,9H2,1-2H3,(H,15,18)(H,19,20)/b8-5+. The van der Waals surface area contributed by atoms with Crippen LogP contribution in [0, 0.1) is 0 Å². The summed E-state index contributed by atoms with van der Waals surface area (Å²) >= 11 is 0. The van der Waals surface area contributed by atoms with Crippen LogP contribution in [0.15, 0.2) is 30.3 Å². The summed E-state index contributed by atoms with van der Waals surface area (Å²) in [6.07, 6.45) is 2.49. The highest BCUT2D eigenvalue weighted by Crippen LogP contribution is 2.10. The second-order valence-electron chi connectivity index (χ2n) is 4.22. The van der Waals surface area contributed by atoms with E-state index in [4.69, 9.17) is 5.11 Å². The highest BCUT2D eigenvalue weighted by atomic mass is 16.4. The van der Waals surface area contributed by atoms with Crippen molar-refractivity contribution >= 4 is 29.5 Å². The van der Waals surface area contributed by atoms with Crippen molar-refractivity contribution in [1.29, 1.82) is 0 Å². The fourth-order valence-electron chi connectivity index (χ4n) is 1.37. The minimum absolute atomic E-state index is 0.0179. The molecule has 0 spiro atoms. The molecular weight excluding hydrogens is 260 g/mol. The van der Waals surface area contributed by atoms with Crippen molar-refractivity contribution in [3.8, 4) is 0 Å². The van der Waals surface area contributed by atoms with Crippen LogP contribution in [0.3, 0.4) is 0 Å². The van der Waals surface area contributed by atoms with Crippen LogP contribution >= 0.6 is 0 Å². The van der Waals surface area contributed by atoms with Crippen LogP contribution < -0.4 is 5.32 Å². The Bertz CT molecular complexity index is 535. The van der Waals surface area contributed by atoms with Crippen molar-refractivity contribution in [3.05, 3.63) is 35.9 Å². The van der Waals surface area contributed by atoms with Crippen LogP contribution in [-0.2, 0) is 14.4 Å². The van der Waals surface area contributed by atoms with Crippen LogP contribution in [0.2, 0.25) is 0 Å². The fourth-order valence-corrected chi connectivity index (χ4v) is 1.37. The normalized spacial score (nSPS) is 10.3. The molecule has 0 radical (unpaired) electrons. The largest absolute Gasteiger partial charge is 0.478 e. The van der Waals surface area contributed by atoms with E-state index in [2.05, 4.69) is 5.32 Å². The Morgan fingerprint density at radius 2 is 1.85 bits per heavy atom. The average molecular weight is 276 g/mol. The van der Waals surface area contributed by atoms with Gasteiger partial charge in [0, 0.05) is 25.7 Å². The number of carbonyl (C=O) groups is 3. The molecule has 0 saturated carbocycles. The van der Waals surface area contributed by atoms with Gasteiger partial charge >= 0.3 is 5.97 Å². The minimum atomic E-state index is -1.02. The third-order valence-corrected chi connectivity index (χ3v) is 2.53. The van der Waals surface area contributed by atoms with Gasteiger partial charge in [-0.3, -0.25) is 9.59 Å². The molecule has 0 unspecified atom stereocenters. The third kappa shape index (κ3) is 5.34. The van der Waals surface area contributed by atoms with Crippen molar-refractivity contribution in [2.24, 2.45) is 0 Å². The van der Waals surface area contributed by atoms with Gasteiger partial charge in [-0.1, -0.05) is 12.1 Å². The lowest BCUT2D eigenvalue weighted by Crippen LogP contribution is -2.33. The van der Waals surface area contributed by atoms with Gasteiger partial charge < -0.3 is 15.3 Å². The number of amides is 2. The molecule has 0 aromatic heterocycles. The smallest absolute Gasteiger partial charge is 0.328 e. The summed E-state index contributed by atoms with van der Waals surface area (Å²) < 4.78 is 0. The van der Waals surface area contributed by atoms with E-state index in [1.54, 1.807) is 31.3 Å². The van der Waals surface area contributed by atoms with E-state index < -0.39 is 5.97 Å². The van der Waals surface area contributed by atoms with Crippen LogP contribution in [0.1, 0.15) is 12.5 Å². The second-order valence-corrected chi connectivity index (χ2v) is 4.22. The molecule has 0 aliphatic rings. The number of hydrogen-bond acceptors (Lipinski definition) is 3. The molecule has 0 atom stereocenters. The number of likely N-dealkylation sites (N-methyl/N-ethyl adjacent to an activating group) is 1. The van der Waals surface area contributed by atoms with Crippen molar-refractivity contribution in [3.63, 3.8) is 0 Å². The third-order valence-electron chi connectivity index (χ3n) is 2.53. The maximum absolute atomic E-state index is 11.6. The van der Waals surface area contributed by atoms with Crippen molar-refractivity contribution in [1.82, 2.24) is 4.90 Å². The predicted octanol–water partition coefficient (Wildman–Crippen LogP) is 1.20. The van der Waals surface area contributed by atoms with Crippen LogP contribution in [0.25, 0.3) is 6.08 Å². The predicted molar refractivity (Wildman–Crippen MR) is 75.1 cm³/mol. The van der Waals surface area contributed by atoms with Crippen molar-refractivity contribution in [2.75, 3.05) is 18.9 Å². The van der Waals surface area contributed by atoms with E-state index in [9.17, 15) is 14.4 Å². The Labute approximate surface area is 116 Å². The molecule has 0 fully saturated rings. The first kappa shape index (κ1) is 15.4. The molecule has 20 heavy (non-hydrogen) atoms. The zero-order chi connectivity index (χ0) is 15.1. The molecule has 0 saturated heterocycles. The summed E-state index contributed by atoms with van der Waals surface area (Å²) in [6, 6.07) is 6.69. The first-order valence-electron chi connectivity index (χ1n) is 5.91. The molecule has 2 N–H and O–H groups in total. The number of hydrogen-bond donors (Lipinski definition) is 2. The molecular formula is C14H16N2O4. The zero-order valence-corrected chi connectivity index (χ0v) is 11.3.